The third-order valence-electron chi connectivity index (χ3n) is 2.75. The van der Waals surface area contributed by atoms with Crippen molar-refractivity contribution in [1.82, 2.24) is 0 Å². The largest absolute Gasteiger partial charge is 0.490 e. The zero-order valence-electron chi connectivity index (χ0n) is 12.8. The van der Waals surface area contributed by atoms with Crippen molar-refractivity contribution in [3.8, 4) is 11.5 Å². The minimum absolute atomic E-state index is 0.0366. The smallest absolute Gasteiger partial charge is 0.421 e. The number of hydrogen-bond acceptors (Lipinski definition) is 3. The summed E-state index contributed by atoms with van der Waals surface area (Å²) in [6, 6.07) is 4.32. The number of rotatable bonds is 5. The maximum atomic E-state index is 13.2. The van der Waals surface area contributed by atoms with Crippen LogP contribution in [0.3, 0.4) is 0 Å². The Hall–Kier alpha value is -1.43. The summed E-state index contributed by atoms with van der Waals surface area (Å²) in [5, 5.41) is 10.0. The van der Waals surface area contributed by atoms with Gasteiger partial charge in [0, 0.05) is 0 Å². The molecule has 1 N–H and O–H groups in total. The summed E-state index contributed by atoms with van der Waals surface area (Å²) in [6.45, 7) is 7.48. The molecule has 1 atom stereocenters. The van der Waals surface area contributed by atoms with Gasteiger partial charge in [0.05, 0.1) is 17.8 Å². The Morgan fingerprint density at radius 2 is 1.33 bits per heavy atom. The molecule has 1 aromatic rings. The minimum Gasteiger partial charge on any atom is -0.490 e. The van der Waals surface area contributed by atoms with Crippen molar-refractivity contribution >= 4 is 0 Å². The molecule has 0 radical (unpaired) electrons. The summed E-state index contributed by atoms with van der Waals surface area (Å²) >= 11 is 0. The number of hydrogen-bond donors (Lipinski definition) is 1. The van der Waals surface area contributed by atoms with Gasteiger partial charge in [-0.25, -0.2) is 0 Å². The fourth-order valence-corrected chi connectivity index (χ4v) is 1.84. The molecule has 0 spiro atoms. The van der Waals surface area contributed by atoms with Gasteiger partial charge in [0.15, 0.2) is 5.60 Å². The minimum atomic E-state index is -4.85. The molecular weight excluding hydrogens is 285 g/mol. The lowest BCUT2D eigenvalue weighted by Crippen LogP contribution is -2.40. The molecule has 0 aliphatic rings. The molecule has 0 heterocycles. The van der Waals surface area contributed by atoms with Crippen LogP contribution in [0.1, 0.15) is 40.2 Å². The van der Waals surface area contributed by atoms with Gasteiger partial charge in [0.1, 0.15) is 11.5 Å². The van der Waals surface area contributed by atoms with Gasteiger partial charge in [-0.05, 0) is 46.8 Å². The van der Waals surface area contributed by atoms with Gasteiger partial charge in [-0.2, -0.15) is 13.2 Å². The summed E-state index contributed by atoms with van der Waals surface area (Å²) in [4.78, 5) is 0. The van der Waals surface area contributed by atoms with E-state index < -0.39 is 17.3 Å². The maximum absolute atomic E-state index is 13.2. The second-order valence-corrected chi connectivity index (χ2v) is 5.53. The van der Waals surface area contributed by atoms with Crippen LogP contribution in [0, 0.1) is 0 Å². The van der Waals surface area contributed by atoms with E-state index in [9.17, 15) is 18.3 Å². The molecule has 0 fully saturated rings. The van der Waals surface area contributed by atoms with Crippen LogP contribution in [0.2, 0.25) is 0 Å². The van der Waals surface area contributed by atoms with E-state index in [1.54, 1.807) is 27.7 Å². The Kier molecular flexibility index (Phi) is 5.15. The molecule has 0 aliphatic heterocycles. The molecule has 21 heavy (non-hydrogen) atoms. The lowest BCUT2D eigenvalue weighted by molar-refractivity contribution is -0.259. The zero-order valence-corrected chi connectivity index (χ0v) is 12.8. The maximum Gasteiger partial charge on any atom is 0.421 e. The first-order chi connectivity index (χ1) is 9.46. The molecule has 0 aliphatic carbocycles. The average molecular weight is 306 g/mol. The van der Waals surface area contributed by atoms with E-state index in [0.717, 1.165) is 0 Å². The molecule has 0 aromatic heterocycles. The quantitative estimate of drug-likeness (QED) is 0.892. The van der Waals surface area contributed by atoms with Gasteiger partial charge in [-0.15, -0.1) is 0 Å². The standard InChI is InChI=1S/C15H21F3O3/c1-9(2)20-11-7-6-8-12(21-10(3)4)13(11)14(5,19)15(16,17)18/h6-10,19H,1-5H3. The number of aliphatic hydroxyl groups is 1. The van der Waals surface area contributed by atoms with E-state index >= 15 is 0 Å². The van der Waals surface area contributed by atoms with Gasteiger partial charge >= 0.3 is 6.18 Å². The summed E-state index contributed by atoms with van der Waals surface area (Å²) < 4.78 is 50.4. The molecule has 0 saturated heterocycles. The van der Waals surface area contributed by atoms with Crippen molar-refractivity contribution < 1.29 is 27.8 Å². The number of alkyl halides is 3. The first-order valence-electron chi connectivity index (χ1n) is 6.72. The van der Waals surface area contributed by atoms with Crippen LogP contribution < -0.4 is 9.47 Å². The van der Waals surface area contributed by atoms with Gasteiger partial charge in [-0.3, -0.25) is 0 Å². The van der Waals surface area contributed by atoms with Crippen molar-refractivity contribution in [2.75, 3.05) is 0 Å². The first kappa shape index (κ1) is 17.6. The number of halogens is 3. The number of ether oxygens (including phenoxy) is 2. The Morgan fingerprint density at radius 1 is 0.952 bits per heavy atom. The van der Waals surface area contributed by atoms with Crippen molar-refractivity contribution in [3.63, 3.8) is 0 Å². The van der Waals surface area contributed by atoms with E-state index in [4.69, 9.17) is 9.47 Å². The summed E-state index contributed by atoms with van der Waals surface area (Å²) in [6.07, 6.45) is -5.51. The van der Waals surface area contributed by atoms with Gasteiger partial charge in [-0.1, -0.05) is 6.07 Å². The predicted molar refractivity (Wildman–Crippen MR) is 73.6 cm³/mol. The zero-order chi connectivity index (χ0) is 16.4. The van der Waals surface area contributed by atoms with E-state index in [-0.39, 0.29) is 23.7 Å². The summed E-state index contributed by atoms with van der Waals surface area (Å²) in [7, 11) is 0. The van der Waals surface area contributed by atoms with Gasteiger partial charge < -0.3 is 14.6 Å². The molecule has 1 aromatic carbocycles. The third kappa shape index (κ3) is 4.03. The number of benzene rings is 1. The topological polar surface area (TPSA) is 38.7 Å². The van der Waals surface area contributed by atoms with Crippen molar-refractivity contribution in [1.29, 1.82) is 0 Å². The van der Waals surface area contributed by atoms with Crippen molar-refractivity contribution in [2.24, 2.45) is 0 Å². The molecule has 0 amide bonds. The molecule has 3 nitrogen and oxygen atoms in total. The lowest BCUT2D eigenvalue weighted by Gasteiger charge is -2.31. The molecule has 6 heteroatoms. The Balaban J connectivity index is 3.48. The van der Waals surface area contributed by atoms with Crippen LogP contribution in [0.5, 0.6) is 11.5 Å². The van der Waals surface area contributed by atoms with Crippen LogP contribution in [-0.2, 0) is 5.60 Å². The molecule has 0 saturated carbocycles. The Labute approximate surface area is 122 Å². The monoisotopic (exact) mass is 306 g/mol. The highest BCUT2D eigenvalue weighted by atomic mass is 19.4. The Bertz CT molecular complexity index is 451. The SMILES string of the molecule is CC(C)Oc1cccc(OC(C)C)c1C(C)(O)C(F)(F)F. The highest BCUT2D eigenvalue weighted by molar-refractivity contribution is 5.49. The Morgan fingerprint density at radius 3 is 1.62 bits per heavy atom. The van der Waals surface area contributed by atoms with Crippen LogP contribution in [0.4, 0.5) is 13.2 Å². The molecule has 1 unspecified atom stereocenters. The fraction of sp³-hybridized carbons (Fsp3) is 0.600. The highest BCUT2D eigenvalue weighted by Gasteiger charge is 2.54. The van der Waals surface area contributed by atoms with Crippen molar-refractivity contribution in [3.05, 3.63) is 23.8 Å². The first-order valence-corrected chi connectivity index (χ1v) is 6.72. The second-order valence-electron chi connectivity index (χ2n) is 5.53. The second kappa shape index (κ2) is 6.13. The molecule has 1 rings (SSSR count). The van der Waals surface area contributed by atoms with Crippen LogP contribution in [-0.4, -0.2) is 23.5 Å². The normalized spacial score (nSPS) is 15.2. The molecular formula is C15H21F3O3. The highest BCUT2D eigenvalue weighted by Crippen LogP contribution is 2.47. The lowest BCUT2D eigenvalue weighted by atomic mass is 9.93. The van der Waals surface area contributed by atoms with E-state index in [1.165, 1.54) is 18.2 Å². The van der Waals surface area contributed by atoms with Crippen LogP contribution >= 0.6 is 0 Å². The van der Waals surface area contributed by atoms with E-state index in [2.05, 4.69) is 0 Å². The van der Waals surface area contributed by atoms with Gasteiger partial charge in [0.2, 0.25) is 0 Å². The molecule has 120 valence electrons. The van der Waals surface area contributed by atoms with Crippen molar-refractivity contribution in [2.45, 2.75) is 58.6 Å². The van der Waals surface area contributed by atoms with E-state index in [0.29, 0.717) is 6.92 Å². The third-order valence-corrected chi connectivity index (χ3v) is 2.75. The van der Waals surface area contributed by atoms with Crippen LogP contribution in [0.15, 0.2) is 18.2 Å². The fourth-order valence-electron chi connectivity index (χ4n) is 1.84. The van der Waals surface area contributed by atoms with E-state index in [1.807, 2.05) is 0 Å². The van der Waals surface area contributed by atoms with Gasteiger partial charge in [0.25, 0.3) is 0 Å². The summed E-state index contributed by atoms with van der Waals surface area (Å²) in [5.41, 5.74) is -3.47. The summed E-state index contributed by atoms with van der Waals surface area (Å²) in [5.74, 6) is -0.0732. The predicted octanol–water partition coefficient (Wildman–Crippen LogP) is 4.03. The average Bonchev–Trinajstić information content (AvgIpc) is 2.25. The van der Waals surface area contributed by atoms with Crippen LogP contribution in [0.25, 0.3) is 0 Å². The molecule has 0 bridgehead atoms.